The molecule has 1 aliphatic heterocycles. The third-order valence-electron chi connectivity index (χ3n) is 5.64. The average molecular weight is 426 g/mol. The van der Waals surface area contributed by atoms with E-state index < -0.39 is 0 Å². The molecular weight excluding hydrogens is 394 g/mol. The molecule has 4 rings (SSSR count). The summed E-state index contributed by atoms with van der Waals surface area (Å²) in [6.45, 7) is 5.52. The van der Waals surface area contributed by atoms with E-state index in [9.17, 15) is 0 Å². The number of H-pyrrole nitrogens is 1. The van der Waals surface area contributed by atoms with Crippen LogP contribution in [-0.4, -0.2) is 57.9 Å². The highest BCUT2D eigenvalue weighted by Crippen LogP contribution is 2.28. The van der Waals surface area contributed by atoms with E-state index >= 15 is 0 Å². The number of benzene rings is 1. The molecule has 1 unspecified atom stereocenters. The van der Waals surface area contributed by atoms with Gasteiger partial charge in [0.25, 0.3) is 0 Å². The van der Waals surface area contributed by atoms with Gasteiger partial charge in [-0.1, -0.05) is 25.5 Å². The molecule has 1 saturated heterocycles. The molecule has 1 aliphatic rings. The second-order valence-electron chi connectivity index (χ2n) is 8.10. The summed E-state index contributed by atoms with van der Waals surface area (Å²) in [6, 6.07) is 6.90. The van der Waals surface area contributed by atoms with Gasteiger partial charge in [-0.25, -0.2) is 0 Å². The van der Waals surface area contributed by atoms with Gasteiger partial charge in [0.15, 0.2) is 11.3 Å². The molecule has 2 aromatic heterocycles. The number of likely N-dealkylation sites (tertiary alicyclic amines) is 1. The van der Waals surface area contributed by atoms with E-state index in [4.69, 9.17) is 20.9 Å². The second kappa shape index (κ2) is 9.49. The molecule has 166 valence electrons. The minimum Gasteiger partial charge on any atom is -0.496 e. The van der Waals surface area contributed by atoms with Crippen LogP contribution in [-0.2, 0) is 13.0 Å². The first-order valence-corrected chi connectivity index (χ1v) is 10.8. The Kier molecular flexibility index (Phi) is 6.53. The summed E-state index contributed by atoms with van der Waals surface area (Å²) >= 11 is 0. The molecule has 9 heteroatoms. The fraction of sp³-hybridized carbons (Fsp3) is 0.500. The van der Waals surface area contributed by atoms with E-state index in [-0.39, 0.29) is 12.1 Å². The average Bonchev–Trinajstić information content (AvgIpc) is 3.35. The molecule has 3 aromatic rings. The van der Waals surface area contributed by atoms with Crippen LogP contribution in [0.5, 0.6) is 11.8 Å². The molecule has 0 bridgehead atoms. The number of ether oxygens (including phenoxy) is 2. The lowest BCUT2D eigenvalue weighted by molar-refractivity contribution is 0.287. The highest BCUT2D eigenvalue weighted by atomic mass is 16.5. The Balaban J connectivity index is 1.55. The molecule has 1 atom stereocenters. The first-order chi connectivity index (χ1) is 15.1. The summed E-state index contributed by atoms with van der Waals surface area (Å²) in [5.74, 6) is 1.15. The predicted molar refractivity (Wildman–Crippen MR) is 120 cm³/mol. The molecule has 0 spiro atoms. The van der Waals surface area contributed by atoms with Gasteiger partial charge in [-0.2, -0.15) is 15.1 Å². The van der Waals surface area contributed by atoms with Crippen molar-refractivity contribution in [3.8, 4) is 11.8 Å². The summed E-state index contributed by atoms with van der Waals surface area (Å²) in [5.41, 5.74) is 16.4. The molecule has 3 heterocycles. The van der Waals surface area contributed by atoms with Crippen LogP contribution < -0.4 is 20.9 Å². The van der Waals surface area contributed by atoms with E-state index in [1.807, 2.05) is 0 Å². The van der Waals surface area contributed by atoms with Crippen molar-refractivity contribution in [3.63, 3.8) is 0 Å². The van der Waals surface area contributed by atoms with E-state index in [0.29, 0.717) is 29.9 Å². The maximum Gasteiger partial charge on any atom is 0.319 e. The van der Waals surface area contributed by atoms with Crippen LogP contribution in [0.15, 0.2) is 18.2 Å². The zero-order valence-corrected chi connectivity index (χ0v) is 18.2. The maximum absolute atomic E-state index is 6.08. The zero-order valence-electron chi connectivity index (χ0n) is 18.2. The van der Waals surface area contributed by atoms with E-state index in [2.05, 4.69) is 50.2 Å². The quantitative estimate of drug-likeness (QED) is 0.445. The number of aromatic nitrogens is 4. The zero-order chi connectivity index (χ0) is 21.8. The van der Waals surface area contributed by atoms with Crippen molar-refractivity contribution < 1.29 is 9.47 Å². The van der Waals surface area contributed by atoms with Gasteiger partial charge in [-0.05, 0) is 24.5 Å². The number of unbranched alkanes of at least 4 members (excludes halogenated alkanes) is 1. The number of nitrogens with zero attached hydrogens (tertiary/aromatic N) is 4. The van der Waals surface area contributed by atoms with Crippen LogP contribution in [0.1, 0.15) is 43.0 Å². The van der Waals surface area contributed by atoms with E-state index in [0.717, 1.165) is 55.9 Å². The maximum atomic E-state index is 6.08. The van der Waals surface area contributed by atoms with Gasteiger partial charge in [-0.3, -0.25) is 10.00 Å². The van der Waals surface area contributed by atoms with Gasteiger partial charge >= 0.3 is 6.01 Å². The first-order valence-electron chi connectivity index (χ1n) is 10.8. The lowest BCUT2D eigenvalue weighted by atomic mass is 10.0. The number of hydrogen-bond acceptors (Lipinski definition) is 8. The number of methoxy groups -OCH3 is 1. The highest BCUT2D eigenvalue weighted by molar-refractivity contribution is 5.86. The Morgan fingerprint density at radius 2 is 2.13 bits per heavy atom. The normalized spacial score (nSPS) is 16.8. The summed E-state index contributed by atoms with van der Waals surface area (Å²) in [6.07, 6.45) is 3.61. The van der Waals surface area contributed by atoms with Crippen molar-refractivity contribution in [1.29, 1.82) is 0 Å². The Labute approximate surface area is 182 Å². The predicted octanol–water partition coefficient (Wildman–Crippen LogP) is 2.25. The molecule has 1 aromatic carbocycles. The number of nitrogen functional groups attached to an aromatic ring is 1. The van der Waals surface area contributed by atoms with Gasteiger partial charge in [0, 0.05) is 37.7 Å². The van der Waals surface area contributed by atoms with Crippen LogP contribution in [0, 0.1) is 0 Å². The molecule has 0 amide bonds. The Hall–Kier alpha value is -2.91. The molecule has 1 fully saturated rings. The lowest BCUT2D eigenvalue weighted by Gasteiger charge is -2.17. The molecule has 0 radical (unpaired) electrons. The highest BCUT2D eigenvalue weighted by Gasteiger charge is 2.20. The Bertz CT molecular complexity index is 1040. The summed E-state index contributed by atoms with van der Waals surface area (Å²) < 4.78 is 11.3. The van der Waals surface area contributed by atoms with Gasteiger partial charge in [0.1, 0.15) is 11.3 Å². The number of anilines is 1. The number of fused-ring (bicyclic) bond motifs is 1. The standard InChI is InChI=1S/C22H31N7O2/c1-3-4-9-31-22-25-19-17(27-28-20(19)21(24)26-22)11-15-6-5-14(10-18(15)30-2)12-29-8-7-16(23)13-29/h5-6,10,16H,3-4,7-9,11-13,23H2,1-2H3,(H,27,28)(H2,24,25,26). The SMILES string of the molecule is CCCCOc1nc(N)c2n[nH]c(Cc3ccc(CN4CCC(N)C4)cc3OC)c2n1. The van der Waals surface area contributed by atoms with Gasteiger partial charge in [0.2, 0.25) is 0 Å². The molecule has 0 aliphatic carbocycles. The first kappa shape index (κ1) is 21.3. The van der Waals surface area contributed by atoms with Crippen LogP contribution in [0.25, 0.3) is 11.0 Å². The number of rotatable bonds is 9. The van der Waals surface area contributed by atoms with Gasteiger partial charge in [-0.15, -0.1) is 0 Å². The van der Waals surface area contributed by atoms with Crippen molar-refractivity contribution in [3.05, 3.63) is 35.0 Å². The fourth-order valence-corrected chi connectivity index (χ4v) is 3.93. The van der Waals surface area contributed by atoms with Crippen molar-refractivity contribution in [2.45, 2.75) is 45.2 Å². The molecule has 31 heavy (non-hydrogen) atoms. The summed E-state index contributed by atoms with van der Waals surface area (Å²) in [7, 11) is 1.69. The van der Waals surface area contributed by atoms with Crippen molar-refractivity contribution >= 4 is 16.9 Å². The van der Waals surface area contributed by atoms with E-state index in [1.165, 1.54) is 5.56 Å². The monoisotopic (exact) mass is 425 g/mol. The molecule has 9 nitrogen and oxygen atoms in total. The number of nitrogens with two attached hydrogens (primary N) is 2. The van der Waals surface area contributed by atoms with Crippen LogP contribution in [0.3, 0.4) is 0 Å². The smallest absolute Gasteiger partial charge is 0.319 e. The molecule has 5 N–H and O–H groups in total. The summed E-state index contributed by atoms with van der Waals surface area (Å²) in [4.78, 5) is 11.1. The fourth-order valence-electron chi connectivity index (χ4n) is 3.93. The summed E-state index contributed by atoms with van der Waals surface area (Å²) in [5, 5.41) is 7.37. The number of aromatic amines is 1. The van der Waals surface area contributed by atoms with Crippen LogP contribution in [0.4, 0.5) is 5.82 Å². The Morgan fingerprint density at radius 3 is 2.87 bits per heavy atom. The topological polar surface area (TPSA) is 128 Å². The van der Waals surface area contributed by atoms with Crippen molar-refractivity contribution in [2.24, 2.45) is 5.73 Å². The minimum atomic E-state index is 0.278. The third-order valence-corrected chi connectivity index (χ3v) is 5.64. The minimum absolute atomic E-state index is 0.278. The number of hydrogen-bond donors (Lipinski definition) is 3. The van der Waals surface area contributed by atoms with Crippen LogP contribution in [0.2, 0.25) is 0 Å². The van der Waals surface area contributed by atoms with Crippen LogP contribution >= 0.6 is 0 Å². The molecule has 0 saturated carbocycles. The van der Waals surface area contributed by atoms with E-state index in [1.54, 1.807) is 7.11 Å². The van der Waals surface area contributed by atoms with Gasteiger partial charge in [0.05, 0.1) is 19.4 Å². The van der Waals surface area contributed by atoms with Crippen molar-refractivity contribution in [1.82, 2.24) is 25.1 Å². The van der Waals surface area contributed by atoms with Crippen molar-refractivity contribution in [2.75, 3.05) is 32.5 Å². The third kappa shape index (κ3) is 4.88. The molecular formula is C22H31N7O2. The Morgan fingerprint density at radius 1 is 1.26 bits per heavy atom. The largest absolute Gasteiger partial charge is 0.496 e. The number of nitrogens with one attached hydrogen (secondary N) is 1. The lowest BCUT2D eigenvalue weighted by Crippen LogP contribution is -2.26. The van der Waals surface area contributed by atoms with Gasteiger partial charge < -0.3 is 20.9 Å². The second-order valence-corrected chi connectivity index (χ2v) is 8.10.